The Labute approximate surface area is 126 Å². The van der Waals surface area contributed by atoms with Gasteiger partial charge in [0.15, 0.2) is 0 Å². The van der Waals surface area contributed by atoms with Crippen LogP contribution >= 0.6 is 0 Å². The molecule has 1 aromatic rings. The van der Waals surface area contributed by atoms with Gasteiger partial charge in [0.2, 0.25) is 0 Å². The summed E-state index contributed by atoms with van der Waals surface area (Å²) in [6, 6.07) is 0. The summed E-state index contributed by atoms with van der Waals surface area (Å²) in [5, 5.41) is 0. The summed E-state index contributed by atoms with van der Waals surface area (Å²) < 4.78 is 14.3. The summed E-state index contributed by atoms with van der Waals surface area (Å²) in [7, 11) is 0. The molecule has 2 aliphatic heterocycles. The molecule has 3 heterocycles. The lowest BCUT2D eigenvalue weighted by atomic mass is 9.94. The molecule has 2 unspecified atom stereocenters. The average Bonchev–Trinajstić information content (AvgIpc) is 3.04. The van der Waals surface area contributed by atoms with Gasteiger partial charge in [-0.25, -0.2) is 4.98 Å². The molecule has 0 N–H and O–H groups in total. The average molecular weight is 291 g/mol. The summed E-state index contributed by atoms with van der Waals surface area (Å²) in [5.74, 6) is 1.51. The number of imidazole rings is 1. The molecule has 3 fully saturated rings. The maximum Gasteiger partial charge on any atom is 0.104 e. The summed E-state index contributed by atoms with van der Waals surface area (Å²) in [6.45, 7) is 6.81. The SMILES string of the molecule is c1cn(CC2COC3(COCCN(CC4CC4)C3)C2)cn1. The van der Waals surface area contributed by atoms with Crippen LogP contribution in [0.5, 0.6) is 0 Å². The van der Waals surface area contributed by atoms with Crippen LogP contribution in [0, 0.1) is 11.8 Å². The predicted molar refractivity (Wildman–Crippen MR) is 79.0 cm³/mol. The molecule has 0 radical (unpaired) electrons. The molecule has 5 heteroatoms. The molecule has 116 valence electrons. The van der Waals surface area contributed by atoms with Crippen LogP contribution < -0.4 is 0 Å². The van der Waals surface area contributed by atoms with E-state index in [0.717, 1.165) is 51.8 Å². The van der Waals surface area contributed by atoms with Crippen LogP contribution in [0.2, 0.25) is 0 Å². The Kier molecular flexibility index (Phi) is 3.73. The molecule has 2 atom stereocenters. The number of nitrogens with zero attached hydrogens (tertiary/aromatic N) is 3. The second-order valence-corrected chi connectivity index (χ2v) is 7.05. The fourth-order valence-electron chi connectivity index (χ4n) is 3.76. The lowest BCUT2D eigenvalue weighted by Crippen LogP contribution is -2.44. The molecular weight excluding hydrogens is 266 g/mol. The molecule has 1 saturated carbocycles. The van der Waals surface area contributed by atoms with Crippen molar-refractivity contribution >= 4 is 0 Å². The van der Waals surface area contributed by atoms with E-state index >= 15 is 0 Å². The summed E-state index contributed by atoms with van der Waals surface area (Å²) in [4.78, 5) is 6.70. The summed E-state index contributed by atoms with van der Waals surface area (Å²) in [6.07, 6.45) is 9.70. The van der Waals surface area contributed by atoms with Crippen LogP contribution in [-0.2, 0) is 16.0 Å². The number of hydrogen-bond acceptors (Lipinski definition) is 4. The van der Waals surface area contributed by atoms with E-state index in [4.69, 9.17) is 9.47 Å². The first kappa shape index (κ1) is 13.7. The van der Waals surface area contributed by atoms with E-state index in [2.05, 4.69) is 14.5 Å². The highest BCUT2D eigenvalue weighted by molar-refractivity contribution is 4.95. The van der Waals surface area contributed by atoms with Gasteiger partial charge in [-0.3, -0.25) is 4.90 Å². The molecule has 21 heavy (non-hydrogen) atoms. The zero-order valence-electron chi connectivity index (χ0n) is 12.6. The maximum absolute atomic E-state index is 6.25. The molecule has 1 aromatic heterocycles. The highest BCUT2D eigenvalue weighted by Gasteiger charge is 2.43. The fraction of sp³-hybridized carbons (Fsp3) is 0.812. The van der Waals surface area contributed by atoms with Gasteiger partial charge in [0.05, 0.1) is 26.1 Å². The van der Waals surface area contributed by atoms with Crippen molar-refractivity contribution in [1.29, 1.82) is 0 Å². The van der Waals surface area contributed by atoms with E-state index in [9.17, 15) is 0 Å². The van der Waals surface area contributed by atoms with Crippen molar-refractivity contribution in [3.05, 3.63) is 18.7 Å². The van der Waals surface area contributed by atoms with Gasteiger partial charge >= 0.3 is 0 Å². The van der Waals surface area contributed by atoms with Gasteiger partial charge in [0.25, 0.3) is 0 Å². The van der Waals surface area contributed by atoms with E-state index in [1.807, 2.05) is 18.7 Å². The van der Waals surface area contributed by atoms with Gasteiger partial charge in [0, 0.05) is 44.5 Å². The number of rotatable bonds is 4. The molecule has 5 nitrogen and oxygen atoms in total. The van der Waals surface area contributed by atoms with Gasteiger partial charge in [-0.05, 0) is 25.2 Å². The van der Waals surface area contributed by atoms with Crippen molar-refractivity contribution in [2.24, 2.45) is 11.8 Å². The molecule has 0 aromatic carbocycles. The van der Waals surface area contributed by atoms with Crippen molar-refractivity contribution in [3.63, 3.8) is 0 Å². The Morgan fingerprint density at radius 3 is 3.00 bits per heavy atom. The highest BCUT2D eigenvalue weighted by atomic mass is 16.5. The minimum Gasteiger partial charge on any atom is -0.377 e. The smallest absolute Gasteiger partial charge is 0.104 e. The lowest BCUT2D eigenvalue weighted by molar-refractivity contribution is -0.0559. The Bertz CT molecular complexity index is 460. The minimum absolute atomic E-state index is 0.0728. The lowest BCUT2D eigenvalue weighted by Gasteiger charge is -2.31. The van der Waals surface area contributed by atoms with E-state index in [0.29, 0.717) is 5.92 Å². The van der Waals surface area contributed by atoms with Gasteiger partial charge in [-0.1, -0.05) is 0 Å². The Morgan fingerprint density at radius 2 is 2.19 bits per heavy atom. The highest BCUT2D eigenvalue weighted by Crippen LogP contribution is 2.35. The van der Waals surface area contributed by atoms with Crippen LogP contribution in [-0.4, -0.2) is 59.5 Å². The Morgan fingerprint density at radius 1 is 1.24 bits per heavy atom. The molecule has 1 aliphatic carbocycles. The molecular formula is C16H25N3O2. The normalized spacial score (nSPS) is 34.4. The van der Waals surface area contributed by atoms with Crippen LogP contribution in [0.4, 0.5) is 0 Å². The van der Waals surface area contributed by atoms with Crippen LogP contribution in [0.1, 0.15) is 19.3 Å². The molecule has 3 aliphatic rings. The molecule has 0 bridgehead atoms. The quantitative estimate of drug-likeness (QED) is 0.841. The zero-order valence-corrected chi connectivity index (χ0v) is 12.6. The second kappa shape index (κ2) is 5.71. The minimum atomic E-state index is -0.0728. The first-order chi connectivity index (χ1) is 10.3. The Balaban J connectivity index is 1.38. The van der Waals surface area contributed by atoms with Gasteiger partial charge in [-0.2, -0.15) is 0 Å². The largest absolute Gasteiger partial charge is 0.377 e. The molecule has 0 amide bonds. The molecule has 4 rings (SSSR count). The van der Waals surface area contributed by atoms with Crippen LogP contribution in [0.15, 0.2) is 18.7 Å². The van der Waals surface area contributed by atoms with Gasteiger partial charge < -0.3 is 14.0 Å². The van der Waals surface area contributed by atoms with Crippen LogP contribution in [0.25, 0.3) is 0 Å². The van der Waals surface area contributed by atoms with E-state index in [1.54, 1.807) is 0 Å². The maximum atomic E-state index is 6.25. The summed E-state index contributed by atoms with van der Waals surface area (Å²) in [5.41, 5.74) is -0.0728. The third kappa shape index (κ3) is 3.30. The number of hydrogen-bond donors (Lipinski definition) is 0. The third-order valence-electron chi connectivity index (χ3n) is 4.96. The van der Waals surface area contributed by atoms with Gasteiger partial charge in [-0.15, -0.1) is 0 Å². The monoisotopic (exact) mass is 291 g/mol. The van der Waals surface area contributed by atoms with Crippen molar-refractivity contribution < 1.29 is 9.47 Å². The second-order valence-electron chi connectivity index (χ2n) is 7.05. The van der Waals surface area contributed by atoms with Crippen molar-refractivity contribution in [2.45, 2.75) is 31.4 Å². The number of ether oxygens (including phenoxy) is 2. The summed E-state index contributed by atoms with van der Waals surface area (Å²) >= 11 is 0. The predicted octanol–water partition coefficient (Wildman–Crippen LogP) is 1.40. The van der Waals surface area contributed by atoms with E-state index in [1.165, 1.54) is 19.4 Å². The zero-order chi connectivity index (χ0) is 14.1. The van der Waals surface area contributed by atoms with Gasteiger partial charge in [0.1, 0.15) is 5.60 Å². The Hall–Kier alpha value is -0.910. The molecule has 1 spiro atoms. The van der Waals surface area contributed by atoms with Crippen molar-refractivity contribution in [3.8, 4) is 0 Å². The van der Waals surface area contributed by atoms with Crippen molar-refractivity contribution in [2.75, 3.05) is 39.5 Å². The fourth-order valence-corrected chi connectivity index (χ4v) is 3.76. The first-order valence-corrected chi connectivity index (χ1v) is 8.21. The first-order valence-electron chi connectivity index (χ1n) is 8.21. The molecule has 2 saturated heterocycles. The number of aromatic nitrogens is 2. The topological polar surface area (TPSA) is 39.5 Å². The third-order valence-corrected chi connectivity index (χ3v) is 4.96. The van der Waals surface area contributed by atoms with Crippen LogP contribution in [0.3, 0.4) is 0 Å². The standard InChI is InChI=1S/C16H25N3O2/c1-2-14(1)8-18-5-6-20-12-16(11-18)7-15(10-21-16)9-19-4-3-17-13-19/h3-4,13-15H,1-2,5-12H2. The van der Waals surface area contributed by atoms with E-state index < -0.39 is 0 Å². The van der Waals surface area contributed by atoms with Crippen molar-refractivity contribution in [1.82, 2.24) is 14.5 Å². The van der Waals surface area contributed by atoms with E-state index in [-0.39, 0.29) is 5.60 Å².